The van der Waals surface area contributed by atoms with Gasteiger partial charge in [-0.05, 0) is 32.1 Å². The van der Waals surface area contributed by atoms with Gasteiger partial charge in [0, 0.05) is 0 Å². The van der Waals surface area contributed by atoms with Gasteiger partial charge in [0.2, 0.25) is 0 Å². The fourth-order valence-electron chi connectivity index (χ4n) is 2.70. The van der Waals surface area contributed by atoms with Crippen molar-refractivity contribution < 1.29 is 5.11 Å². The molecule has 1 aliphatic rings. The molecule has 0 atom stereocenters. The standard InChI is InChI=1S/C16H30O/c1-2-3-4-5-6-7-8-10-13-16(17)14-11-9-12-15-16/h8,10,17H,2-7,9,11-15H2,1H3/b10-8-. The zero-order valence-corrected chi connectivity index (χ0v) is 11.6. The van der Waals surface area contributed by atoms with Gasteiger partial charge in [-0.15, -0.1) is 0 Å². The van der Waals surface area contributed by atoms with Crippen molar-refractivity contribution in [2.75, 3.05) is 0 Å². The van der Waals surface area contributed by atoms with Crippen molar-refractivity contribution >= 4 is 0 Å². The second-order valence-electron chi connectivity index (χ2n) is 5.66. The Balaban J connectivity index is 2.01. The van der Waals surface area contributed by atoms with Gasteiger partial charge in [-0.3, -0.25) is 0 Å². The van der Waals surface area contributed by atoms with Gasteiger partial charge >= 0.3 is 0 Å². The molecule has 0 bridgehead atoms. The molecule has 1 aliphatic carbocycles. The molecule has 1 saturated carbocycles. The average Bonchev–Trinajstić information content (AvgIpc) is 2.33. The van der Waals surface area contributed by atoms with Gasteiger partial charge in [0.25, 0.3) is 0 Å². The molecule has 1 N–H and O–H groups in total. The van der Waals surface area contributed by atoms with Crippen molar-refractivity contribution in [1.82, 2.24) is 0 Å². The van der Waals surface area contributed by atoms with E-state index in [1.165, 1.54) is 57.8 Å². The maximum Gasteiger partial charge on any atom is 0.0682 e. The van der Waals surface area contributed by atoms with Gasteiger partial charge in [-0.2, -0.15) is 0 Å². The van der Waals surface area contributed by atoms with Crippen LogP contribution in [0.15, 0.2) is 12.2 Å². The minimum absolute atomic E-state index is 0.364. The van der Waals surface area contributed by atoms with Crippen molar-refractivity contribution in [1.29, 1.82) is 0 Å². The largest absolute Gasteiger partial charge is 0.390 e. The molecule has 0 radical (unpaired) electrons. The zero-order valence-electron chi connectivity index (χ0n) is 11.6. The van der Waals surface area contributed by atoms with E-state index in [1.807, 2.05) is 0 Å². The van der Waals surface area contributed by atoms with Gasteiger partial charge < -0.3 is 5.11 Å². The number of rotatable bonds is 8. The number of unbranched alkanes of at least 4 members (excludes halogenated alkanes) is 5. The summed E-state index contributed by atoms with van der Waals surface area (Å²) >= 11 is 0. The summed E-state index contributed by atoms with van der Waals surface area (Å²) < 4.78 is 0. The lowest BCUT2D eigenvalue weighted by molar-refractivity contribution is 0.00690. The Bertz CT molecular complexity index is 202. The van der Waals surface area contributed by atoms with E-state index in [0.717, 1.165) is 19.3 Å². The molecular weight excluding hydrogens is 208 g/mol. The summed E-state index contributed by atoms with van der Waals surface area (Å²) in [6, 6.07) is 0. The van der Waals surface area contributed by atoms with Crippen molar-refractivity contribution in [2.45, 2.75) is 89.6 Å². The third-order valence-electron chi connectivity index (χ3n) is 3.92. The molecule has 0 heterocycles. The van der Waals surface area contributed by atoms with Crippen LogP contribution in [0.25, 0.3) is 0 Å². The Morgan fingerprint density at radius 2 is 1.65 bits per heavy atom. The second kappa shape index (κ2) is 8.74. The Morgan fingerprint density at radius 1 is 0.941 bits per heavy atom. The fraction of sp³-hybridized carbons (Fsp3) is 0.875. The maximum absolute atomic E-state index is 10.3. The molecule has 0 aromatic rings. The molecule has 17 heavy (non-hydrogen) atoms. The molecule has 100 valence electrons. The van der Waals surface area contributed by atoms with Crippen LogP contribution < -0.4 is 0 Å². The number of hydrogen-bond acceptors (Lipinski definition) is 1. The van der Waals surface area contributed by atoms with E-state index >= 15 is 0 Å². The second-order valence-corrected chi connectivity index (χ2v) is 5.66. The van der Waals surface area contributed by atoms with Gasteiger partial charge in [-0.1, -0.05) is 64.0 Å². The average molecular weight is 238 g/mol. The minimum Gasteiger partial charge on any atom is -0.390 e. The van der Waals surface area contributed by atoms with Crippen molar-refractivity contribution in [2.24, 2.45) is 0 Å². The molecule has 1 nitrogen and oxygen atoms in total. The first-order chi connectivity index (χ1) is 8.27. The molecule has 0 spiro atoms. The Morgan fingerprint density at radius 3 is 2.35 bits per heavy atom. The molecule has 0 amide bonds. The van der Waals surface area contributed by atoms with Gasteiger partial charge in [-0.25, -0.2) is 0 Å². The third-order valence-corrected chi connectivity index (χ3v) is 3.92. The van der Waals surface area contributed by atoms with Gasteiger partial charge in [0.05, 0.1) is 5.60 Å². The quantitative estimate of drug-likeness (QED) is 0.466. The van der Waals surface area contributed by atoms with Crippen LogP contribution in [0.3, 0.4) is 0 Å². The van der Waals surface area contributed by atoms with E-state index in [-0.39, 0.29) is 5.60 Å². The van der Waals surface area contributed by atoms with Crippen molar-refractivity contribution in [3.63, 3.8) is 0 Å². The Labute approximate surface area is 107 Å². The summed E-state index contributed by atoms with van der Waals surface area (Å²) in [6.45, 7) is 2.25. The maximum atomic E-state index is 10.3. The van der Waals surface area contributed by atoms with Gasteiger partial charge in [0.1, 0.15) is 0 Å². The Kier molecular flexibility index (Phi) is 7.59. The van der Waals surface area contributed by atoms with Crippen LogP contribution in [-0.2, 0) is 0 Å². The highest BCUT2D eigenvalue weighted by molar-refractivity contribution is 4.93. The summed E-state index contributed by atoms with van der Waals surface area (Å²) in [5, 5.41) is 10.3. The van der Waals surface area contributed by atoms with E-state index in [0.29, 0.717) is 0 Å². The van der Waals surface area contributed by atoms with Crippen molar-refractivity contribution in [3.05, 3.63) is 12.2 Å². The van der Waals surface area contributed by atoms with Crippen LogP contribution in [0.1, 0.15) is 84.0 Å². The number of hydrogen-bond donors (Lipinski definition) is 1. The van der Waals surface area contributed by atoms with Crippen molar-refractivity contribution in [3.8, 4) is 0 Å². The lowest BCUT2D eigenvalue weighted by Gasteiger charge is -2.30. The predicted octanol–water partition coefficient (Wildman–Crippen LogP) is 4.99. The smallest absolute Gasteiger partial charge is 0.0682 e. The summed E-state index contributed by atoms with van der Waals surface area (Å²) in [5.74, 6) is 0. The van der Waals surface area contributed by atoms with Crippen LogP contribution in [-0.4, -0.2) is 10.7 Å². The lowest BCUT2D eigenvalue weighted by Crippen LogP contribution is -2.30. The zero-order chi connectivity index (χ0) is 12.4. The molecule has 1 fully saturated rings. The van der Waals surface area contributed by atoms with E-state index in [9.17, 15) is 5.11 Å². The van der Waals surface area contributed by atoms with E-state index in [1.54, 1.807) is 0 Å². The van der Waals surface area contributed by atoms with Crippen LogP contribution in [0.4, 0.5) is 0 Å². The van der Waals surface area contributed by atoms with E-state index in [2.05, 4.69) is 19.1 Å². The summed E-state index contributed by atoms with van der Waals surface area (Å²) in [5.41, 5.74) is -0.364. The van der Waals surface area contributed by atoms with Crippen LogP contribution in [0.5, 0.6) is 0 Å². The monoisotopic (exact) mass is 238 g/mol. The molecule has 0 aromatic heterocycles. The highest BCUT2D eigenvalue weighted by Gasteiger charge is 2.27. The first-order valence-electron chi connectivity index (χ1n) is 7.64. The molecule has 0 aromatic carbocycles. The first kappa shape index (κ1) is 14.8. The summed E-state index contributed by atoms with van der Waals surface area (Å²) in [6.07, 6.45) is 19.1. The summed E-state index contributed by atoms with van der Waals surface area (Å²) in [7, 11) is 0. The van der Waals surface area contributed by atoms with Crippen LogP contribution in [0.2, 0.25) is 0 Å². The van der Waals surface area contributed by atoms with Crippen LogP contribution >= 0.6 is 0 Å². The fourth-order valence-corrected chi connectivity index (χ4v) is 2.70. The lowest BCUT2D eigenvalue weighted by atomic mass is 9.82. The third kappa shape index (κ3) is 6.88. The number of allylic oxidation sites excluding steroid dienone is 1. The normalized spacial score (nSPS) is 19.9. The molecule has 0 aliphatic heterocycles. The molecule has 1 rings (SSSR count). The first-order valence-corrected chi connectivity index (χ1v) is 7.64. The SMILES string of the molecule is CCCCCCC/C=C\CC1(O)CCCCC1. The highest BCUT2D eigenvalue weighted by Crippen LogP contribution is 2.31. The molecule has 0 unspecified atom stereocenters. The molecule has 1 heteroatoms. The van der Waals surface area contributed by atoms with Crippen LogP contribution in [0, 0.1) is 0 Å². The summed E-state index contributed by atoms with van der Waals surface area (Å²) in [4.78, 5) is 0. The van der Waals surface area contributed by atoms with Gasteiger partial charge in [0.15, 0.2) is 0 Å². The van der Waals surface area contributed by atoms with E-state index < -0.39 is 0 Å². The predicted molar refractivity (Wildman–Crippen MR) is 75.2 cm³/mol. The molecular formula is C16H30O. The highest BCUT2D eigenvalue weighted by atomic mass is 16.3. The topological polar surface area (TPSA) is 20.2 Å². The Hall–Kier alpha value is -0.300. The minimum atomic E-state index is -0.364. The van der Waals surface area contributed by atoms with E-state index in [4.69, 9.17) is 0 Å². The number of aliphatic hydroxyl groups is 1. The molecule has 0 saturated heterocycles.